The van der Waals surface area contributed by atoms with Crippen LogP contribution in [0.4, 0.5) is 0 Å². The number of carbonyl (C=O) groups excluding carboxylic acids is 1. The highest BCUT2D eigenvalue weighted by molar-refractivity contribution is 5.78. The van der Waals surface area contributed by atoms with Crippen molar-refractivity contribution < 1.29 is 4.79 Å². The van der Waals surface area contributed by atoms with Crippen LogP contribution in [0.1, 0.15) is 42.9 Å². The molecule has 0 saturated carbocycles. The summed E-state index contributed by atoms with van der Waals surface area (Å²) >= 11 is 0. The number of nitrogens with zero attached hydrogens (tertiary/aromatic N) is 3. The third-order valence-corrected chi connectivity index (χ3v) is 5.09. The van der Waals surface area contributed by atoms with Crippen molar-refractivity contribution in [3.63, 3.8) is 0 Å². The second-order valence-corrected chi connectivity index (χ2v) is 6.72. The molecule has 1 fully saturated rings. The molecule has 4 heteroatoms. The first-order chi connectivity index (χ1) is 12.3. The highest BCUT2D eigenvalue weighted by Crippen LogP contribution is 2.29. The number of pyridine rings is 1. The van der Waals surface area contributed by atoms with E-state index in [4.69, 9.17) is 0 Å². The van der Waals surface area contributed by atoms with Gasteiger partial charge in [-0.2, -0.15) is 0 Å². The maximum atomic E-state index is 12.9. The maximum absolute atomic E-state index is 12.9. The van der Waals surface area contributed by atoms with E-state index in [1.54, 1.807) is 0 Å². The van der Waals surface area contributed by atoms with Gasteiger partial charge in [0, 0.05) is 37.8 Å². The van der Waals surface area contributed by atoms with Crippen molar-refractivity contribution in [2.75, 3.05) is 13.1 Å². The molecular weight excluding hydrogens is 310 g/mol. The number of rotatable bonds is 4. The molecule has 1 amide bonds. The number of hydrogen-bond donors (Lipinski definition) is 0. The summed E-state index contributed by atoms with van der Waals surface area (Å²) in [6.45, 7) is 1.79. The average Bonchev–Trinajstić information content (AvgIpc) is 3.11. The van der Waals surface area contributed by atoms with Crippen LogP contribution in [0.25, 0.3) is 5.65 Å². The van der Waals surface area contributed by atoms with Crippen LogP contribution in [0.5, 0.6) is 0 Å². The molecule has 0 spiro atoms. The van der Waals surface area contributed by atoms with E-state index in [0.29, 0.717) is 6.42 Å². The van der Waals surface area contributed by atoms with Gasteiger partial charge in [0.1, 0.15) is 5.65 Å². The first-order valence-corrected chi connectivity index (χ1v) is 9.07. The predicted molar refractivity (Wildman–Crippen MR) is 98.5 cm³/mol. The van der Waals surface area contributed by atoms with E-state index in [9.17, 15) is 4.79 Å². The molecule has 128 valence electrons. The number of imidazole rings is 1. The molecule has 25 heavy (non-hydrogen) atoms. The summed E-state index contributed by atoms with van der Waals surface area (Å²) in [4.78, 5) is 19.5. The molecule has 0 N–H and O–H groups in total. The summed E-state index contributed by atoms with van der Waals surface area (Å²) in [7, 11) is 0. The molecule has 2 aromatic heterocycles. The minimum atomic E-state index is 0.0213. The van der Waals surface area contributed by atoms with E-state index >= 15 is 0 Å². The zero-order chi connectivity index (χ0) is 17.1. The lowest BCUT2D eigenvalue weighted by Gasteiger charge is -2.28. The minimum Gasteiger partial charge on any atom is -0.343 e. The van der Waals surface area contributed by atoms with Crippen molar-refractivity contribution in [1.29, 1.82) is 0 Å². The van der Waals surface area contributed by atoms with Crippen molar-refractivity contribution >= 4 is 11.6 Å². The van der Waals surface area contributed by atoms with Crippen LogP contribution in [0.3, 0.4) is 0 Å². The normalized spacial score (nSPS) is 16.1. The van der Waals surface area contributed by atoms with Crippen molar-refractivity contribution in [3.05, 3.63) is 72.2 Å². The molecule has 0 aliphatic carbocycles. The lowest BCUT2D eigenvalue weighted by Crippen LogP contribution is -2.36. The van der Waals surface area contributed by atoms with Crippen molar-refractivity contribution in [3.8, 4) is 0 Å². The molecule has 1 aliphatic rings. The monoisotopic (exact) mass is 333 g/mol. The summed E-state index contributed by atoms with van der Waals surface area (Å²) < 4.78 is 2.10. The molecule has 3 aromatic rings. The lowest BCUT2D eigenvalue weighted by atomic mass is 9.92. The Bertz CT molecular complexity index is 850. The summed E-state index contributed by atoms with van der Waals surface area (Å²) in [6.07, 6.45) is 7.91. The van der Waals surface area contributed by atoms with E-state index in [-0.39, 0.29) is 11.8 Å². The molecule has 3 heterocycles. The van der Waals surface area contributed by atoms with Crippen molar-refractivity contribution in [2.45, 2.75) is 31.6 Å². The van der Waals surface area contributed by atoms with E-state index in [1.165, 1.54) is 12.0 Å². The standard InChI is InChI=1S/C21H23N3O/c25-21(23-12-6-2-7-13-23)15-18(17-9-3-1-4-10-17)19-16-22-20-11-5-8-14-24(19)20/h1,3-5,8-11,14,16,18H,2,6-7,12-13,15H2. The summed E-state index contributed by atoms with van der Waals surface area (Å²) in [6, 6.07) is 16.3. The van der Waals surface area contributed by atoms with E-state index in [0.717, 1.165) is 37.3 Å². The third kappa shape index (κ3) is 3.29. The molecule has 0 radical (unpaired) electrons. The molecule has 1 aliphatic heterocycles. The zero-order valence-corrected chi connectivity index (χ0v) is 14.3. The molecule has 1 atom stereocenters. The Balaban J connectivity index is 1.68. The summed E-state index contributed by atoms with van der Waals surface area (Å²) in [5.41, 5.74) is 3.16. The van der Waals surface area contributed by atoms with Gasteiger partial charge < -0.3 is 9.30 Å². The molecule has 4 nitrogen and oxygen atoms in total. The van der Waals surface area contributed by atoms with Crippen LogP contribution in [-0.4, -0.2) is 33.3 Å². The number of aromatic nitrogens is 2. The molecule has 1 unspecified atom stereocenters. The molecular formula is C21H23N3O. The first-order valence-electron chi connectivity index (χ1n) is 9.07. The highest BCUT2D eigenvalue weighted by atomic mass is 16.2. The largest absolute Gasteiger partial charge is 0.343 e. The zero-order valence-electron chi connectivity index (χ0n) is 14.3. The van der Waals surface area contributed by atoms with E-state index < -0.39 is 0 Å². The average molecular weight is 333 g/mol. The Hall–Kier alpha value is -2.62. The Morgan fingerprint density at radius 1 is 1.00 bits per heavy atom. The van der Waals surface area contributed by atoms with Crippen LogP contribution in [0, 0.1) is 0 Å². The summed E-state index contributed by atoms with van der Waals surface area (Å²) in [5, 5.41) is 0. The van der Waals surface area contributed by atoms with Crippen LogP contribution in [-0.2, 0) is 4.79 Å². The smallest absolute Gasteiger partial charge is 0.223 e. The van der Waals surface area contributed by atoms with Gasteiger partial charge in [0.25, 0.3) is 0 Å². The van der Waals surface area contributed by atoms with Gasteiger partial charge in [-0.1, -0.05) is 36.4 Å². The van der Waals surface area contributed by atoms with Gasteiger partial charge in [-0.15, -0.1) is 0 Å². The van der Waals surface area contributed by atoms with Crippen LogP contribution < -0.4 is 0 Å². The van der Waals surface area contributed by atoms with Crippen molar-refractivity contribution in [2.24, 2.45) is 0 Å². The second-order valence-electron chi connectivity index (χ2n) is 6.72. The fourth-order valence-corrected chi connectivity index (χ4v) is 3.74. The topological polar surface area (TPSA) is 37.6 Å². The molecule has 1 aromatic carbocycles. The van der Waals surface area contributed by atoms with Gasteiger partial charge >= 0.3 is 0 Å². The number of hydrogen-bond acceptors (Lipinski definition) is 2. The Morgan fingerprint density at radius 2 is 1.76 bits per heavy atom. The number of amides is 1. The first kappa shape index (κ1) is 15.9. The molecule has 1 saturated heterocycles. The Kier molecular flexibility index (Phi) is 4.51. The van der Waals surface area contributed by atoms with Gasteiger partial charge in [-0.3, -0.25) is 4.79 Å². The summed E-state index contributed by atoms with van der Waals surface area (Å²) in [5.74, 6) is 0.271. The van der Waals surface area contributed by atoms with Gasteiger partial charge in [-0.25, -0.2) is 4.98 Å². The fourth-order valence-electron chi connectivity index (χ4n) is 3.74. The van der Waals surface area contributed by atoms with Crippen LogP contribution in [0.2, 0.25) is 0 Å². The van der Waals surface area contributed by atoms with E-state index in [2.05, 4.69) is 21.5 Å². The number of fused-ring (bicyclic) bond motifs is 1. The Labute approximate surface area is 148 Å². The quantitative estimate of drug-likeness (QED) is 0.727. The predicted octanol–water partition coefficient (Wildman–Crippen LogP) is 3.87. The number of benzene rings is 1. The number of likely N-dealkylation sites (tertiary alicyclic amines) is 1. The van der Waals surface area contributed by atoms with Gasteiger partial charge in [0.05, 0.1) is 5.69 Å². The lowest BCUT2D eigenvalue weighted by molar-refractivity contribution is -0.132. The number of carbonyl (C=O) groups is 1. The molecule has 4 rings (SSSR count). The highest BCUT2D eigenvalue weighted by Gasteiger charge is 2.25. The SMILES string of the molecule is O=C(CC(c1ccccc1)c1cnc2ccccn12)N1CCCCC1. The van der Waals surface area contributed by atoms with Gasteiger partial charge in [-0.05, 0) is 37.0 Å². The Morgan fingerprint density at radius 3 is 2.56 bits per heavy atom. The van der Waals surface area contributed by atoms with Gasteiger partial charge in [0.15, 0.2) is 0 Å². The maximum Gasteiger partial charge on any atom is 0.223 e. The minimum absolute atomic E-state index is 0.0213. The van der Waals surface area contributed by atoms with Gasteiger partial charge in [0.2, 0.25) is 5.91 Å². The number of piperidine rings is 1. The van der Waals surface area contributed by atoms with Crippen molar-refractivity contribution in [1.82, 2.24) is 14.3 Å². The molecule has 0 bridgehead atoms. The third-order valence-electron chi connectivity index (χ3n) is 5.09. The van der Waals surface area contributed by atoms with E-state index in [1.807, 2.05) is 53.7 Å². The van der Waals surface area contributed by atoms with Crippen LogP contribution >= 0.6 is 0 Å². The van der Waals surface area contributed by atoms with Crippen LogP contribution in [0.15, 0.2) is 60.9 Å². The second kappa shape index (κ2) is 7.09. The fraction of sp³-hybridized carbons (Fsp3) is 0.333.